The average Bonchev–Trinajstić information content (AvgIpc) is 2.28. The molecule has 0 aliphatic carbocycles. The smallest absolute Gasteiger partial charge is 0.329 e. The number of benzene rings is 1. The Morgan fingerprint density at radius 3 is 2.76 bits per heavy atom. The van der Waals surface area contributed by atoms with Crippen LogP contribution >= 0.6 is 0 Å². The van der Waals surface area contributed by atoms with Gasteiger partial charge in [-0.15, -0.1) is 0 Å². The first-order chi connectivity index (χ1) is 8.04. The molecule has 0 saturated heterocycles. The van der Waals surface area contributed by atoms with Crippen LogP contribution in [0.3, 0.4) is 0 Å². The molecule has 0 fully saturated rings. The van der Waals surface area contributed by atoms with E-state index in [2.05, 4.69) is 0 Å². The highest BCUT2D eigenvalue weighted by Gasteiger charge is 2.12. The van der Waals surface area contributed by atoms with Gasteiger partial charge in [-0.3, -0.25) is 0 Å². The predicted molar refractivity (Wildman–Crippen MR) is 56.4 cm³/mol. The SMILES string of the molecule is COc1ccc(C(O)COCC(=O)O)cc1F. The number of ether oxygens (including phenoxy) is 2. The normalized spacial score (nSPS) is 12.2. The van der Waals surface area contributed by atoms with Gasteiger partial charge in [-0.25, -0.2) is 9.18 Å². The van der Waals surface area contributed by atoms with Gasteiger partial charge >= 0.3 is 5.97 Å². The monoisotopic (exact) mass is 244 g/mol. The van der Waals surface area contributed by atoms with Gasteiger partial charge in [-0.1, -0.05) is 6.07 Å². The Hall–Kier alpha value is -1.66. The van der Waals surface area contributed by atoms with E-state index < -0.39 is 24.5 Å². The van der Waals surface area contributed by atoms with E-state index in [0.29, 0.717) is 5.56 Å². The van der Waals surface area contributed by atoms with Gasteiger partial charge in [0.15, 0.2) is 11.6 Å². The van der Waals surface area contributed by atoms with Gasteiger partial charge < -0.3 is 19.7 Å². The standard InChI is InChI=1S/C11H13FO5/c1-16-10-3-2-7(4-8(10)12)9(13)5-17-6-11(14)15/h2-4,9,13H,5-6H2,1H3,(H,14,15). The van der Waals surface area contributed by atoms with Crippen molar-refractivity contribution in [1.29, 1.82) is 0 Å². The summed E-state index contributed by atoms with van der Waals surface area (Å²) < 4.78 is 22.7. The third-order valence-corrected chi connectivity index (χ3v) is 2.06. The van der Waals surface area contributed by atoms with Crippen LogP contribution in [-0.2, 0) is 9.53 Å². The topological polar surface area (TPSA) is 76.0 Å². The summed E-state index contributed by atoms with van der Waals surface area (Å²) in [7, 11) is 1.34. The first-order valence-corrected chi connectivity index (χ1v) is 4.85. The lowest BCUT2D eigenvalue weighted by Gasteiger charge is -2.11. The number of methoxy groups -OCH3 is 1. The van der Waals surface area contributed by atoms with Crippen LogP contribution in [0.4, 0.5) is 4.39 Å². The van der Waals surface area contributed by atoms with Crippen LogP contribution in [0.1, 0.15) is 11.7 Å². The van der Waals surface area contributed by atoms with Gasteiger partial charge in [0.05, 0.1) is 13.7 Å². The summed E-state index contributed by atoms with van der Waals surface area (Å²) in [5, 5.41) is 17.9. The molecule has 0 aliphatic rings. The van der Waals surface area contributed by atoms with Crippen LogP contribution in [0.25, 0.3) is 0 Å². The number of carbonyl (C=O) groups is 1. The second-order valence-corrected chi connectivity index (χ2v) is 3.32. The fourth-order valence-corrected chi connectivity index (χ4v) is 1.24. The molecule has 0 spiro atoms. The number of aliphatic carboxylic acids is 1. The Kier molecular flexibility index (Phi) is 4.86. The summed E-state index contributed by atoms with van der Waals surface area (Å²) in [6.45, 7) is -0.715. The van der Waals surface area contributed by atoms with Gasteiger partial charge in [-0.2, -0.15) is 0 Å². The zero-order valence-corrected chi connectivity index (χ0v) is 9.22. The van der Waals surface area contributed by atoms with E-state index in [1.807, 2.05) is 0 Å². The van der Waals surface area contributed by atoms with Crippen molar-refractivity contribution in [2.24, 2.45) is 0 Å². The molecule has 1 aromatic rings. The lowest BCUT2D eigenvalue weighted by atomic mass is 10.1. The maximum Gasteiger partial charge on any atom is 0.329 e. The summed E-state index contributed by atoms with van der Waals surface area (Å²) >= 11 is 0. The molecule has 0 heterocycles. The van der Waals surface area contributed by atoms with Crippen molar-refractivity contribution in [2.75, 3.05) is 20.3 Å². The molecule has 17 heavy (non-hydrogen) atoms. The van der Waals surface area contributed by atoms with Crippen molar-refractivity contribution in [1.82, 2.24) is 0 Å². The van der Waals surface area contributed by atoms with Crippen LogP contribution in [-0.4, -0.2) is 36.5 Å². The Morgan fingerprint density at radius 2 is 2.24 bits per heavy atom. The highest BCUT2D eigenvalue weighted by molar-refractivity contribution is 5.67. The summed E-state index contributed by atoms with van der Waals surface area (Å²) in [5.74, 6) is -1.65. The van der Waals surface area contributed by atoms with E-state index in [4.69, 9.17) is 14.6 Å². The zero-order valence-electron chi connectivity index (χ0n) is 9.22. The molecule has 0 radical (unpaired) electrons. The van der Waals surface area contributed by atoms with Crippen LogP contribution < -0.4 is 4.74 Å². The van der Waals surface area contributed by atoms with Crippen molar-refractivity contribution in [3.8, 4) is 5.75 Å². The minimum atomic E-state index is -1.13. The maximum absolute atomic E-state index is 13.3. The molecule has 1 aromatic carbocycles. The van der Waals surface area contributed by atoms with Crippen LogP contribution in [0.15, 0.2) is 18.2 Å². The van der Waals surface area contributed by atoms with Gasteiger partial charge in [0.1, 0.15) is 12.7 Å². The highest BCUT2D eigenvalue weighted by Crippen LogP contribution is 2.21. The third kappa shape index (κ3) is 4.01. The van der Waals surface area contributed by atoms with E-state index >= 15 is 0 Å². The molecular weight excluding hydrogens is 231 g/mol. The Bertz CT molecular complexity index is 393. The molecule has 0 amide bonds. The Balaban J connectivity index is 2.59. The first-order valence-electron chi connectivity index (χ1n) is 4.85. The molecule has 0 saturated carbocycles. The van der Waals surface area contributed by atoms with E-state index in [1.165, 1.54) is 19.2 Å². The van der Waals surface area contributed by atoms with E-state index in [0.717, 1.165) is 6.07 Å². The van der Waals surface area contributed by atoms with Gasteiger partial charge in [0.2, 0.25) is 0 Å². The largest absolute Gasteiger partial charge is 0.494 e. The number of rotatable bonds is 6. The minimum absolute atomic E-state index is 0.0763. The molecule has 0 aliphatic heterocycles. The summed E-state index contributed by atoms with van der Waals surface area (Å²) in [6, 6.07) is 3.98. The van der Waals surface area contributed by atoms with Crippen LogP contribution in [0.2, 0.25) is 0 Å². The first kappa shape index (κ1) is 13.4. The minimum Gasteiger partial charge on any atom is -0.494 e. The van der Waals surface area contributed by atoms with Crippen molar-refractivity contribution in [2.45, 2.75) is 6.10 Å². The number of hydrogen-bond acceptors (Lipinski definition) is 4. The number of carboxylic acid groups (broad SMARTS) is 1. The number of carboxylic acids is 1. The fraction of sp³-hybridized carbons (Fsp3) is 0.364. The van der Waals surface area contributed by atoms with Crippen molar-refractivity contribution >= 4 is 5.97 Å². The van der Waals surface area contributed by atoms with Gasteiger partial charge in [0, 0.05) is 0 Å². The molecule has 5 nitrogen and oxygen atoms in total. The second kappa shape index (κ2) is 6.17. The molecule has 1 unspecified atom stereocenters. The molecular formula is C11H13FO5. The zero-order chi connectivity index (χ0) is 12.8. The van der Waals surface area contributed by atoms with Crippen LogP contribution in [0, 0.1) is 5.82 Å². The number of halogens is 1. The van der Waals surface area contributed by atoms with Crippen molar-refractivity contribution in [3.05, 3.63) is 29.6 Å². The quantitative estimate of drug-likeness (QED) is 0.779. The fourth-order valence-electron chi connectivity index (χ4n) is 1.24. The molecule has 0 aromatic heterocycles. The van der Waals surface area contributed by atoms with E-state index in [9.17, 15) is 14.3 Å². The Morgan fingerprint density at radius 1 is 1.53 bits per heavy atom. The third-order valence-electron chi connectivity index (χ3n) is 2.06. The van der Waals surface area contributed by atoms with Crippen molar-refractivity contribution in [3.63, 3.8) is 0 Å². The maximum atomic E-state index is 13.3. The molecule has 6 heteroatoms. The average molecular weight is 244 g/mol. The molecule has 0 bridgehead atoms. The summed E-state index contributed by atoms with van der Waals surface area (Å²) in [4.78, 5) is 10.2. The highest BCUT2D eigenvalue weighted by atomic mass is 19.1. The van der Waals surface area contributed by atoms with Gasteiger partial charge in [-0.05, 0) is 17.7 Å². The Labute approximate surface area is 97.4 Å². The molecule has 1 atom stereocenters. The molecule has 94 valence electrons. The van der Waals surface area contributed by atoms with Gasteiger partial charge in [0.25, 0.3) is 0 Å². The number of aliphatic hydroxyl groups is 1. The lowest BCUT2D eigenvalue weighted by molar-refractivity contribution is -0.143. The number of hydrogen-bond donors (Lipinski definition) is 2. The number of aliphatic hydroxyl groups excluding tert-OH is 1. The molecule has 2 N–H and O–H groups in total. The lowest BCUT2D eigenvalue weighted by Crippen LogP contribution is -2.13. The second-order valence-electron chi connectivity index (χ2n) is 3.32. The summed E-state index contributed by atoms with van der Waals surface area (Å²) in [6.07, 6.45) is -1.07. The van der Waals surface area contributed by atoms with Crippen molar-refractivity contribution < 1.29 is 28.9 Å². The molecule has 1 rings (SSSR count). The van der Waals surface area contributed by atoms with E-state index in [-0.39, 0.29) is 12.4 Å². The predicted octanol–water partition coefficient (Wildman–Crippen LogP) is 0.969. The summed E-state index contributed by atoms with van der Waals surface area (Å²) in [5.41, 5.74) is 0.300. The van der Waals surface area contributed by atoms with E-state index in [1.54, 1.807) is 0 Å². The van der Waals surface area contributed by atoms with Crippen LogP contribution in [0.5, 0.6) is 5.75 Å².